The van der Waals surface area contributed by atoms with Gasteiger partial charge in [-0.25, -0.2) is 0 Å². The Morgan fingerprint density at radius 2 is 2.31 bits per heavy atom. The summed E-state index contributed by atoms with van der Waals surface area (Å²) in [6.45, 7) is 2.63. The van der Waals surface area contributed by atoms with Gasteiger partial charge in [-0.2, -0.15) is 0 Å². The third-order valence-corrected chi connectivity index (χ3v) is 2.08. The maximum atomic E-state index is 5.47. The van der Waals surface area contributed by atoms with E-state index in [0.717, 1.165) is 11.4 Å². The predicted octanol–water partition coefficient (Wildman–Crippen LogP) is 1.42. The van der Waals surface area contributed by atoms with Crippen molar-refractivity contribution in [3.05, 3.63) is 41.5 Å². The van der Waals surface area contributed by atoms with E-state index in [4.69, 9.17) is 15.0 Å². The molecule has 2 aromatic rings. The van der Waals surface area contributed by atoms with E-state index in [1.807, 2.05) is 19.1 Å². The van der Waals surface area contributed by atoms with Gasteiger partial charge in [0.15, 0.2) is 5.76 Å². The fraction of sp³-hybridized carbons (Fsp3) is 0.273. The number of pyridine rings is 1. The Balaban J connectivity index is 1.94. The molecule has 2 heterocycles. The van der Waals surface area contributed by atoms with Gasteiger partial charge in [0.1, 0.15) is 12.4 Å². The largest absolute Gasteiger partial charge is 0.484 e. The van der Waals surface area contributed by atoms with Gasteiger partial charge in [0.25, 0.3) is 0 Å². The van der Waals surface area contributed by atoms with Crippen molar-refractivity contribution in [2.45, 2.75) is 20.1 Å². The minimum absolute atomic E-state index is 0.331. The van der Waals surface area contributed by atoms with Crippen LogP contribution >= 0.6 is 0 Å². The van der Waals surface area contributed by atoms with Gasteiger partial charge in [-0.15, -0.1) is 0 Å². The van der Waals surface area contributed by atoms with E-state index in [0.29, 0.717) is 24.7 Å². The summed E-state index contributed by atoms with van der Waals surface area (Å²) >= 11 is 0. The third-order valence-electron chi connectivity index (χ3n) is 2.08. The van der Waals surface area contributed by atoms with Gasteiger partial charge in [-0.3, -0.25) is 4.98 Å². The van der Waals surface area contributed by atoms with Crippen molar-refractivity contribution in [1.82, 2.24) is 10.1 Å². The van der Waals surface area contributed by atoms with Crippen LogP contribution in [-0.4, -0.2) is 10.1 Å². The average molecular weight is 219 g/mol. The average Bonchev–Trinajstić information content (AvgIpc) is 2.76. The van der Waals surface area contributed by atoms with E-state index in [9.17, 15) is 0 Å². The summed E-state index contributed by atoms with van der Waals surface area (Å²) in [7, 11) is 0. The van der Waals surface area contributed by atoms with Crippen LogP contribution in [-0.2, 0) is 13.2 Å². The van der Waals surface area contributed by atoms with Crippen LogP contribution in [0, 0.1) is 6.92 Å². The van der Waals surface area contributed by atoms with Crippen molar-refractivity contribution in [1.29, 1.82) is 0 Å². The van der Waals surface area contributed by atoms with E-state index >= 15 is 0 Å². The van der Waals surface area contributed by atoms with Gasteiger partial charge in [0.2, 0.25) is 0 Å². The maximum Gasteiger partial charge on any atom is 0.174 e. The number of nitrogens with two attached hydrogens (primary N) is 1. The Hall–Kier alpha value is -1.88. The van der Waals surface area contributed by atoms with Gasteiger partial charge in [0.05, 0.1) is 11.9 Å². The Morgan fingerprint density at radius 3 is 2.94 bits per heavy atom. The first kappa shape index (κ1) is 10.6. The molecule has 2 rings (SSSR count). The molecule has 0 unspecified atom stereocenters. The van der Waals surface area contributed by atoms with Crippen LogP contribution in [0.15, 0.2) is 28.9 Å². The first-order chi connectivity index (χ1) is 7.78. The van der Waals surface area contributed by atoms with Gasteiger partial charge in [-0.1, -0.05) is 5.16 Å². The molecule has 2 aromatic heterocycles. The molecule has 2 N–H and O–H groups in total. The zero-order valence-corrected chi connectivity index (χ0v) is 9.01. The van der Waals surface area contributed by atoms with Crippen molar-refractivity contribution in [3.63, 3.8) is 0 Å². The number of ether oxygens (including phenoxy) is 1. The minimum atomic E-state index is 0.331. The lowest BCUT2D eigenvalue weighted by Crippen LogP contribution is -1.96. The molecule has 0 bridgehead atoms. The highest BCUT2D eigenvalue weighted by atomic mass is 16.5. The number of hydrogen-bond donors (Lipinski definition) is 1. The summed E-state index contributed by atoms with van der Waals surface area (Å²) in [6.07, 6.45) is 1.68. The molecule has 0 aliphatic heterocycles. The van der Waals surface area contributed by atoms with Crippen LogP contribution < -0.4 is 10.5 Å². The van der Waals surface area contributed by atoms with Crippen molar-refractivity contribution in [2.75, 3.05) is 0 Å². The molecule has 5 heteroatoms. The summed E-state index contributed by atoms with van der Waals surface area (Å²) in [5, 5.41) is 3.77. The summed E-state index contributed by atoms with van der Waals surface area (Å²) in [5.41, 5.74) is 7.09. The lowest BCUT2D eigenvalue weighted by Gasteiger charge is -2.02. The SMILES string of the molecule is Cc1ccc(OCc2cc(CN)no2)cn1. The molecule has 16 heavy (non-hydrogen) atoms. The lowest BCUT2D eigenvalue weighted by molar-refractivity contribution is 0.248. The first-order valence-electron chi connectivity index (χ1n) is 4.98. The van der Waals surface area contributed by atoms with Gasteiger partial charge in [0, 0.05) is 18.3 Å². The molecule has 0 radical (unpaired) electrons. The Morgan fingerprint density at radius 1 is 1.44 bits per heavy atom. The smallest absolute Gasteiger partial charge is 0.174 e. The molecule has 0 aliphatic carbocycles. The fourth-order valence-electron chi connectivity index (χ4n) is 1.21. The van der Waals surface area contributed by atoms with E-state index in [2.05, 4.69) is 10.1 Å². The van der Waals surface area contributed by atoms with Crippen molar-refractivity contribution in [3.8, 4) is 5.75 Å². The molecule has 0 spiro atoms. The second-order valence-electron chi connectivity index (χ2n) is 3.41. The van der Waals surface area contributed by atoms with Crippen LogP contribution in [0.5, 0.6) is 5.75 Å². The highest BCUT2D eigenvalue weighted by Gasteiger charge is 2.03. The molecule has 0 aliphatic rings. The maximum absolute atomic E-state index is 5.47. The molecular weight excluding hydrogens is 206 g/mol. The van der Waals surface area contributed by atoms with Crippen LogP contribution in [0.25, 0.3) is 0 Å². The zero-order valence-electron chi connectivity index (χ0n) is 9.01. The van der Waals surface area contributed by atoms with E-state index in [1.165, 1.54) is 0 Å². The van der Waals surface area contributed by atoms with E-state index in [-0.39, 0.29) is 0 Å². The van der Waals surface area contributed by atoms with Crippen molar-refractivity contribution >= 4 is 0 Å². The number of aryl methyl sites for hydroxylation is 1. The van der Waals surface area contributed by atoms with Gasteiger partial charge < -0.3 is 15.0 Å². The fourth-order valence-corrected chi connectivity index (χ4v) is 1.21. The standard InChI is InChI=1S/C11H13N3O2/c1-8-2-3-10(6-13-8)15-7-11-4-9(5-12)14-16-11/h2-4,6H,5,7,12H2,1H3. The molecule has 0 aromatic carbocycles. The monoisotopic (exact) mass is 219 g/mol. The lowest BCUT2D eigenvalue weighted by atomic mass is 10.3. The minimum Gasteiger partial charge on any atom is -0.484 e. The van der Waals surface area contributed by atoms with Crippen LogP contribution in [0.3, 0.4) is 0 Å². The number of hydrogen-bond acceptors (Lipinski definition) is 5. The summed E-state index contributed by atoms with van der Waals surface area (Å²) in [4.78, 5) is 4.12. The molecule has 0 saturated heterocycles. The first-order valence-corrected chi connectivity index (χ1v) is 4.98. The van der Waals surface area contributed by atoms with Crippen LogP contribution in [0.4, 0.5) is 0 Å². The number of rotatable bonds is 4. The highest BCUT2D eigenvalue weighted by molar-refractivity contribution is 5.19. The molecule has 84 valence electrons. The number of aromatic nitrogens is 2. The molecule has 0 fully saturated rings. The second kappa shape index (κ2) is 4.76. The molecule has 0 amide bonds. The van der Waals surface area contributed by atoms with Crippen LogP contribution in [0.1, 0.15) is 17.1 Å². The summed E-state index contributed by atoms with van der Waals surface area (Å²) < 4.78 is 10.5. The number of nitrogens with zero attached hydrogens (tertiary/aromatic N) is 2. The third kappa shape index (κ3) is 2.58. The van der Waals surface area contributed by atoms with Crippen LogP contribution in [0.2, 0.25) is 0 Å². The summed E-state index contributed by atoms with van der Waals surface area (Å²) in [6, 6.07) is 5.53. The zero-order chi connectivity index (χ0) is 11.4. The Labute approximate surface area is 93.2 Å². The molecule has 0 atom stereocenters. The molecular formula is C11H13N3O2. The summed E-state index contributed by atoms with van der Waals surface area (Å²) in [5.74, 6) is 1.36. The van der Waals surface area contributed by atoms with E-state index in [1.54, 1.807) is 12.3 Å². The quantitative estimate of drug-likeness (QED) is 0.841. The molecule has 0 saturated carbocycles. The topological polar surface area (TPSA) is 74.2 Å². The second-order valence-corrected chi connectivity index (χ2v) is 3.41. The predicted molar refractivity (Wildman–Crippen MR) is 57.7 cm³/mol. The molecule has 5 nitrogen and oxygen atoms in total. The van der Waals surface area contributed by atoms with E-state index < -0.39 is 0 Å². The van der Waals surface area contributed by atoms with Crippen molar-refractivity contribution < 1.29 is 9.26 Å². The normalized spacial score (nSPS) is 10.4. The highest BCUT2D eigenvalue weighted by Crippen LogP contribution is 2.12. The van der Waals surface area contributed by atoms with Crippen molar-refractivity contribution in [2.24, 2.45) is 5.73 Å². The Kier molecular flexibility index (Phi) is 3.16. The Bertz CT molecular complexity index is 451. The van der Waals surface area contributed by atoms with Gasteiger partial charge in [-0.05, 0) is 19.1 Å². The van der Waals surface area contributed by atoms with Gasteiger partial charge >= 0.3 is 0 Å².